The molecule has 194 valence electrons. The number of hydrogen-bond donors (Lipinski definition) is 3. The molecule has 0 heterocycles. The molecule has 0 saturated heterocycles. The minimum atomic E-state index is -1.37. The molecule has 5 rings (SSSR count). The molecule has 0 fully saturated rings. The molecule has 6 heteroatoms. The Hall–Kier alpha value is -3.64. The average Bonchev–Trinajstić information content (AvgIpc) is 3.21. The molecule has 3 aromatic carbocycles. The topological polar surface area (TPSA) is 102 Å². The van der Waals surface area contributed by atoms with Crippen molar-refractivity contribution >= 4 is 12.1 Å². The van der Waals surface area contributed by atoms with Gasteiger partial charge >= 0.3 is 12.1 Å². The zero-order chi connectivity index (χ0) is 26.6. The van der Waals surface area contributed by atoms with Crippen LogP contribution >= 0.6 is 0 Å². The highest BCUT2D eigenvalue weighted by atomic mass is 16.5. The van der Waals surface area contributed by atoms with Crippen molar-refractivity contribution in [3.63, 3.8) is 0 Å². The van der Waals surface area contributed by atoms with Crippen LogP contribution in [-0.2, 0) is 16.0 Å². The molecule has 0 aromatic heterocycles. The summed E-state index contributed by atoms with van der Waals surface area (Å²) >= 11 is 0. The molecule has 0 unspecified atom stereocenters. The van der Waals surface area contributed by atoms with Gasteiger partial charge in [0.1, 0.15) is 12.1 Å². The largest absolute Gasteiger partial charge is 0.480 e. The number of alkyl carbamates (subject to hydrolysis) is 1. The highest BCUT2D eigenvalue weighted by Crippen LogP contribution is 2.44. The lowest BCUT2D eigenvalue weighted by atomic mass is 9.88. The van der Waals surface area contributed by atoms with Crippen molar-refractivity contribution in [2.45, 2.75) is 57.5 Å². The van der Waals surface area contributed by atoms with Crippen molar-refractivity contribution in [2.24, 2.45) is 11.7 Å². The van der Waals surface area contributed by atoms with Gasteiger partial charge in [-0.25, -0.2) is 9.59 Å². The molecule has 1 amide bonds. The van der Waals surface area contributed by atoms with Crippen molar-refractivity contribution in [3.05, 3.63) is 95.1 Å². The number of carbonyl (C=O) groups excluding carboxylic acids is 1. The molecule has 2 aliphatic carbocycles. The first-order chi connectivity index (χ1) is 17.7. The first kappa shape index (κ1) is 26.4. The Morgan fingerprint density at radius 3 is 2.05 bits per heavy atom. The fraction of sp³-hybridized carbons (Fsp3) is 0.355. The summed E-state index contributed by atoms with van der Waals surface area (Å²) in [5, 5.41) is 11.9. The minimum absolute atomic E-state index is 0.0525. The number of carboxylic acids is 1. The van der Waals surface area contributed by atoms with Crippen LogP contribution in [0, 0.1) is 5.92 Å². The Labute approximate surface area is 218 Å². The van der Waals surface area contributed by atoms with Gasteiger partial charge in [0.25, 0.3) is 0 Å². The molecule has 3 aromatic rings. The number of aliphatic carboxylic acids is 1. The van der Waals surface area contributed by atoms with Gasteiger partial charge < -0.3 is 20.9 Å². The van der Waals surface area contributed by atoms with Crippen LogP contribution in [0.5, 0.6) is 0 Å². The second-order valence-corrected chi connectivity index (χ2v) is 10.3. The molecule has 0 spiro atoms. The van der Waals surface area contributed by atoms with Crippen LogP contribution in [0.2, 0.25) is 0 Å². The number of benzene rings is 3. The minimum Gasteiger partial charge on any atom is -0.480 e. The van der Waals surface area contributed by atoms with Crippen LogP contribution in [0.25, 0.3) is 11.1 Å². The second-order valence-electron chi connectivity index (χ2n) is 10.3. The highest BCUT2D eigenvalue weighted by molar-refractivity contribution is 5.84. The van der Waals surface area contributed by atoms with E-state index in [1.807, 2.05) is 36.4 Å². The summed E-state index contributed by atoms with van der Waals surface area (Å²) in [6.45, 7) is 5.14. The third kappa shape index (κ3) is 5.54. The highest BCUT2D eigenvalue weighted by Gasteiger charge is 2.39. The molecule has 37 heavy (non-hydrogen) atoms. The predicted octanol–water partition coefficient (Wildman–Crippen LogP) is 6.05. The van der Waals surface area contributed by atoms with Gasteiger partial charge in [-0.15, -0.1) is 0 Å². The Kier molecular flexibility index (Phi) is 7.98. The summed E-state index contributed by atoms with van der Waals surface area (Å²) < 4.78 is 5.42. The number of aryl methyl sites for hydroxylation is 1. The third-order valence-corrected chi connectivity index (χ3v) is 7.72. The summed E-state index contributed by atoms with van der Waals surface area (Å²) in [5.74, 6) is -1.41. The fourth-order valence-electron chi connectivity index (χ4n) is 5.08. The lowest BCUT2D eigenvalue weighted by Gasteiger charge is -2.29. The van der Waals surface area contributed by atoms with Crippen LogP contribution < -0.4 is 11.1 Å². The molecular formula is C31H36N2O4. The third-order valence-electron chi connectivity index (χ3n) is 7.72. The maximum absolute atomic E-state index is 12.3. The molecule has 0 bridgehead atoms. The van der Waals surface area contributed by atoms with E-state index in [0.717, 1.165) is 28.7 Å². The number of nitrogens with one attached hydrogen (secondary N) is 1. The normalized spacial score (nSPS) is 17.4. The number of fused-ring (bicyclic) bond motifs is 4. The Balaban J connectivity index is 0.000000241. The van der Waals surface area contributed by atoms with E-state index in [1.165, 1.54) is 30.9 Å². The first-order valence-corrected chi connectivity index (χ1v) is 12.9. The van der Waals surface area contributed by atoms with Crippen LogP contribution in [0.4, 0.5) is 4.79 Å². The predicted molar refractivity (Wildman–Crippen MR) is 145 cm³/mol. The SMILES string of the molecule is CC(C)[C@](C)(NC(=O)OCC1c2ccccc2-c2ccccc21)C(=O)O.N[C@H]1CCCc2ccccc21. The van der Waals surface area contributed by atoms with E-state index < -0.39 is 17.6 Å². The number of ether oxygens (including phenoxy) is 1. The summed E-state index contributed by atoms with van der Waals surface area (Å²) in [5.41, 5.74) is 11.9. The molecule has 2 atom stereocenters. The van der Waals surface area contributed by atoms with Crippen molar-refractivity contribution in [1.29, 1.82) is 0 Å². The molecule has 0 saturated carbocycles. The maximum atomic E-state index is 12.3. The number of rotatable bonds is 5. The summed E-state index contributed by atoms with van der Waals surface area (Å²) in [7, 11) is 0. The number of carboxylic acid groups (broad SMARTS) is 1. The maximum Gasteiger partial charge on any atom is 0.408 e. The number of carbonyl (C=O) groups is 2. The van der Waals surface area contributed by atoms with Crippen LogP contribution in [0.3, 0.4) is 0 Å². The molecule has 4 N–H and O–H groups in total. The fourth-order valence-corrected chi connectivity index (χ4v) is 5.08. The standard InChI is InChI=1S/C21H23NO4.C10H13N/c1-13(2)21(3,19(23)24)22-20(25)26-12-18-16-10-6-4-8-14(16)15-9-5-7-11-17(15)18;11-10-7-3-5-8-4-1-2-6-9(8)10/h4-11,13,18H,12H2,1-3H3,(H,22,25)(H,23,24);1-2,4,6,10H,3,5,7,11H2/t21-;10-/m00/s1. The van der Waals surface area contributed by atoms with Crippen molar-refractivity contribution in [2.75, 3.05) is 6.61 Å². The van der Waals surface area contributed by atoms with Gasteiger partial charge in [-0.3, -0.25) is 0 Å². The van der Waals surface area contributed by atoms with E-state index >= 15 is 0 Å². The van der Waals surface area contributed by atoms with Crippen LogP contribution in [0.15, 0.2) is 72.8 Å². The molecule has 0 radical (unpaired) electrons. The molecular weight excluding hydrogens is 464 g/mol. The molecule has 6 nitrogen and oxygen atoms in total. The lowest BCUT2D eigenvalue weighted by Crippen LogP contribution is -2.56. The summed E-state index contributed by atoms with van der Waals surface area (Å²) in [6.07, 6.45) is 2.89. The Morgan fingerprint density at radius 2 is 1.51 bits per heavy atom. The molecule has 2 aliphatic rings. The number of amides is 1. The van der Waals surface area contributed by atoms with Gasteiger partial charge in [0.05, 0.1) is 0 Å². The monoisotopic (exact) mass is 500 g/mol. The van der Waals surface area contributed by atoms with Gasteiger partial charge in [0, 0.05) is 12.0 Å². The summed E-state index contributed by atoms with van der Waals surface area (Å²) in [6, 6.07) is 24.9. The number of nitrogens with two attached hydrogens (primary N) is 1. The average molecular weight is 501 g/mol. The van der Waals surface area contributed by atoms with Crippen LogP contribution in [-0.4, -0.2) is 29.3 Å². The van der Waals surface area contributed by atoms with Crippen molar-refractivity contribution < 1.29 is 19.4 Å². The second kappa shape index (κ2) is 11.2. The number of hydrogen-bond acceptors (Lipinski definition) is 4. The van der Waals surface area contributed by atoms with Crippen molar-refractivity contribution in [3.8, 4) is 11.1 Å². The van der Waals surface area contributed by atoms with E-state index in [9.17, 15) is 14.7 Å². The zero-order valence-corrected chi connectivity index (χ0v) is 21.7. The van der Waals surface area contributed by atoms with Gasteiger partial charge in [-0.2, -0.15) is 0 Å². The van der Waals surface area contributed by atoms with Crippen LogP contribution in [0.1, 0.15) is 67.8 Å². The van der Waals surface area contributed by atoms with E-state index in [0.29, 0.717) is 6.04 Å². The quantitative estimate of drug-likeness (QED) is 0.396. The zero-order valence-electron chi connectivity index (χ0n) is 21.7. The van der Waals surface area contributed by atoms with E-state index in [-0.39, 0.29) is 18.4 Å². The summed E-state index contributed by atoms with van der Waals surface area (Å²) in [4.78, 5) is 23.8. The lowest BCUT2D eigenvalue weighted by molar-refractivity contribution is -0.145. The van der Waals surface area contributed by atoms with E-state index in [1.54, 1.807) is 13.8 Å². The Morgan fingerprint density at radius 1 is 0.973 bits per heavy atom. The van der Waals surface area contributed by atoms with Gasteiger partial charge in [-0.05, 0) is 65.5 Å². The van der Waals surface area contributed by atoms with Gasteiger partial charge in [-0.1, -0.05) is 86.6 Å². The smallest absolute Gasteiger partial charge is 0.408 e. The Bertz CT molecular complexity index is 1230. The van der Waals surface area contributed by atoms with E-state index in [2.05, 4.69) is 41.7 Å². The molecule has 0 aliphatic heterocycles. The first-order valence-electron chi connectivity index (χ1n) is 12.9. The van der Waals surface area contributed by atoms with Gasteiger partial charge in [0.2, 0.25) is 0 Å². The van der Waals surface area contributed by atoms with E-state index in [4.69, 9.17) is 10.5 Å². The van der Waals surface area contributed by atoms with Crippen molar-refractivity contribution in [1.82, 2.24) is 5.32 Å². The van der Waals surface area contributed by atoms with Gasteiger partial charge in [0.15, 0.2) is 0 Å².